The fourth-order valence-corrected chi connectivity index (χ4v) is 7.42. The van der Waals surface area contributed by atoms with E-state index in [1.807, 2.05) is 32.9 Å². The number of nitrogens with one attached hydrogen (secondary N) is 1. The van der Waals surface area contributed by atoms with Gasteiger partial charge in [-0.15, -0.1) is 0 Å². The van der Waals surface area contributed by atoms with Gasteiger partial charge in [0.05, 0.1) is 41.9 Å². The molecule has 2 fully saturated rings. The molecule has 0 atom stereocenters. The van der Waals surface area contributed by atoms with Gasteiger partial charge in [0.2, 0.25) is 0 Å². The lowest BCUT2D eigenvalue weighted by Gasteiger charge is -2.36. The van der Waals surface area contributed by atoms with E-state index in [9.17, 15) is 18.0 Å². The molecule has 5 rings (SSSR count). The lowest BCUT2D eigenvalue weighted by atomic mass is 9.69. The van der Waals surface area contributed by atoms with Crippen LogP contribution < -0.4 is 9.62 Å². The smallest absolute Gasteiger partial charge is 0.270 e. The van der Waals surface area contributed by atoms with Crippen LogP contribution in [0, 0.1) is 0 Å². The Morgan fingerprint density at radius 2 is 1.70 bits per heavy atom. The Labute approximate surface area is 236 Å². The topological polar surface area (TPSA) is 105 Å². The fraction of sp³-hybridized carbons (Fsp3) is 0.533. The molecular weight excluding hydrogens is 530 g/mol. The molecule has 0 unspecified atom stereocenters. The predicted octanol–water partition coefficient (Wildman–Crippen LogP) is 3.48. The number of morpholine rings is 1. The minimum absolute atomic E-state index is 0.0276. The maximum Gasteiger partial charge on any atom is 0.270 e. The van der Waals surface area contributed by atoms with Crippen LogP contribution in [0.25, 0.3) is 0 Å². The van der Waals surface area contributed by atoms with E-state index in [2.05, 4.69) is 10.2 Å². The van der Waals surface area contributed by atoms with Crippen molar-refractivity contribution in [1.29, 1.82) is 0 Å². The highest BCUT2D eigenvalue weighted by molar-refractivity contribution is 7.93. The van der Waals surface area contributed by atoms with Crippen molar-refractivity contribution in [2.75, 3.05) is 43.8 Å². The van der Waals surface area contributed by atoms with Crippen LogP contribution >= 0.6 is 0 Å². The van der Waals surface area contributed by atoms with Crippen LogP contribution in [0.15, 0.2) is 53.4 Å². The largest absolute Gasteiger partial charge is 0.379 e. The van der Waals surface area contributed by atoms with Gasteiger partial charge in [0.25, 0.3) is 21.8 Å². The summed E-state index contributed by atoms with van der Waals surface area (Å²) in [6.07, 6.45) is 2.49. The van der Waals surface area contributed by atoms with Crippen molar-refractivity contribution in [3.63, 3.8) is 0 Å². The first kappa shape index (κ1) is 28.7. The number of amides is 2. The second kappa shape index (κ2) is 11.2. The van der Waals surface area contributed by atoms with E-state index in [0.29, 0.717) is 43.5 Å². The van der Waals surface area contributed by atoms with E-state index in [1.54, 1.807) is 12.1 Å². The number of sulfonamides is 1. The Morgan fingerprint density at radius 1 is 1.05 bits per heavy atom. The highest BCUT2D eigenvalue weighted by atomic mass is 32.2. The molecule has 40 heavy (non-hydrogen) atoms. The molecule has 0 aromatic heterocycles. The second-order valence-corrected chi connectivity index (χ2v) is 13.7. The number of para-hydroxylation sites is 1. The minimum atomic E-state index is -4.19. The summed E-state index contributed by atoms with van der Waals surface area (Å²) in [5, 5.41) is 2.87. The van der Waals surface area contributed by atoms with Crippen LogP contribution in [0.4, 0.5) is 5.69 Å². The van der Waals surface area contributed by atoms with Crippen molar-refractivity contribution in [3.8, 4) is 0 Å². The molecular formula is C30H39N3O6S. The number of nitrogens with zero attached hydrogens (tertiary/aromatic N) is 2. The van der Waals surface area contributed by atoms with E-state index in [0.717, 1.165) is 42.7 Å². The Balaban J connectivity index is 1.31. The Kier molecular flexibility index (Phi) is 8.07. The van der Waals surface area contributed by atoms with Crippen molar-refractivity contribution in [1.82, 2.24) is 10.2 Å². The predicted molar refractivity (Wildman–Crippen MR) is 152 cm³/mol. The number of carbonyl (C=O) groups excluding carboxylic acids is 2. The summed E-state index contributed by atoms with van der Waals surface area (Å²) in [6.45, 7) is 10.5. The highest BCUT2D eigenvalue weighted by Crippen LogP contribution is 2.51. The molecule has 1 N–H and O–H groups in total. The van der Waals surface area contributed by atoms with Crippen LogP contribution in [0.1, 0.15) is 62.4 Å². The molecule has 0 radical (unpaired) electrons. The summed E-state index contributed by atoms with van der Waals surface area (Å²) in [5.74, 6) is -0.697. The summed E-state index contributed by atoms with van der Waals surface area (Å²) in [4.78, 5) is 28.9. The molecule has 2 aromatic rings. The quantitative estimate of drug-likeness (QED) is 0.544. The van der Waals surface area contributed by atoms with Crippen molar-refractivity contribution in [2.24, 2.45) is 0 Å². The lowest BCUT2D eigenvalue weighted by Crippen LogP contribution is -2.46. The number of hydrogen-bond acceptors (Lipinski definition) is 7. The molecule has 1 saturated heterocycles. The van der Waals surface area contributed by atoms with Gasteiger partial charge in [-0.05, 0) is 82.3 Å². The number of rotatable bonds is 7. The second-order valence-electron chi connectivity index (χ2n) is 11.9. The van der Waals surface area contributed by atoms with Crippen LogP contribution in [0.5, 0.6) is 0 Å². The van der Waals surface area contributed by atoms with Crippen molar-refractivity contribution < 1.29 is 27.5 Å². The molecule has 9 nitrogen and oxygen atoms in total. The van der Waals surface area contributed by atoms with Crippen LogP contribution in [0.2, 0.25) is 0 Å². The van der Waals surface area contributed by atoms with Gasteiger partial charge >= 0.3 is 0 Å². The third-order valence-corrected chi connectivity index (χ3v) is 9.74. The maximum atomic E-state index is 14.0. The monoisotopic (exact) mass is 569 g/mol. The molecule has 0 bridgehead atoms. The third kappa shape index (κ3) is 5.68. The van der Waals surface area contributed by atoms with E-state index < -0.39 is 26.9 Å². The third-order valence-electron chi connectivity index (χ3n) is 8.03. The van der Waals surface area contributed by atoms with E-state index in [-0.39, 0.29) is 16.9 Å². The summed E-state index contributed by atoms with van der Waals surface area (Å²) in [6, 6.07) is 13.0. The van der Waals surface area contributed by atoms with Gasteiger partial charge in [0.1, 0.15) is 0 Å². The zero-order valence-electron chi connectivity index (χ0n) is 23.5. The standard InChI is InChI=1S/C30H39N3O6S/c1-29(2,3)31-27(34)22-8-10-24(11-9-22)40(36,37)33-26-7-5-4-6-25(26)30(28(33)35)14-12-23(13-15-30)39-21-18-32-16-19-38-20-17-32/h4-11,23H,12-21H2,1-3H3,(H,31,34). The average molecular weight is 570 g/mol. The number of ether oxygens (including phenoxy) is 2. The van der Waals surface area contributed by atoms with Crippen molar-refractivity contribution >= 4 is 27.5 Å². The summed E-state index contributed by atoms with van der Waals surface area (Å²) < 4.78 is 40.3. The fourth-order valence-electron chi connectivity index (χ4n) is 5.92. The van der Waals surface area contributed by atoms with Gasteiger partial charge in [-0.3, -0.25) is 14.5 Å². The van der Waals surface area contributed by atoms with Crippen molar-refractivity contribution in [3.05, 3.63) is 59.7 Å². The zero-order valence-corrected chi connectivity index (χ0v) is 24.3. The number of benzene rings is 2. The van der Waals surface area contributed by atoms with Gasteiger partial charge in [-0.2, -0.15) is 0 Å². The van der Waals surface area contributed by atoms with E-state index in [4.69, 9.17) is 9.47 Å². The van der Waals surface area contributed by atoms with Gasteiger partial charge in [-0.25, -0.2) is 12.7 Å². The first-order valence-corrected chi connectivity index (χ1v) is 15.5. The lowest BCUT2D eigenvalue weighted by molar-refractivity contribution is -0.124. The first-order valence-electron chi connectivity index (χ1n) is 14.0. The Morgan fingerprint density at radius 3 is 2.35 bits per heavy atom. The number of carbonyl (C=O) groups is 2. The zero-order chi connectivity index (χ0) is 28.5. The minimum Gasteiger partial charge on any atom is -0.379 e. The molecule has 1 aliphatic carbocycles. The Bertz CT molecular complexity index is 1340. The molecule has 2 aliphatic heterocycles. The van der Waals surface area contributed by atoms with Crippen LogP contribution in [-0.2, 0) is 29.7 Å². The normalized spacial score (nSPS) is 23.8. The molecule has 2 amide bonds. The molecule has 10 heteroatoms. The SMILES string of the molecule is CC(C)(C)NC(=O)c1ccc(S(=O)(=O)N2C(=O)C3(CCC(OCCN4CCOCC4)CC3)c3ccccc32)cc1. The molecule has 1 spiro atoms. The highest BCUT2D eigenvalue weighted by Gasteiger charge is 2.55. The van der Waals surface area contributed by atoms with E-state index >= 15 is 0 Å². The number of anilines is 1. The summed E-state index contributed by atoms with van der Waals surface area (Å²) >= 11 is 0. The molecule has 216 valence electrons. The van der Waals surface area contributed by atoms with Crippen molar-refractivity contribution in [2.45, 2.75) is 68.4 Å². The van der Waals surface area contributed by atoms with Gasteiger partial charge in [0.15, 0.2) is 0 Å². The van der Waals surface area contributed by atoms with Gasteiger partial charge in [-0.1, -0.05) is 18.2 Å². The molecule has 1 saturated carbocycles. The number of hydrogen-bond donors (Lipinski definition) is 1. The molecule has 2 heterocycles. The summed E-state index contributed by atoms with van der Waals surface area (Å²) in [7, 11) is -4.19. The van der Waals surface area contributed by atoms with E-state index in [1.165, 1.54) is 24.3 Å². The summed E-state index contributed by atoms with van der Waals surface area (Å²) in [5.41, 5.74) is 0.213. The van der Waals surface area contributed by atoms with Gasteiger partial charge < -0.3 is 14.8 Å². The first-order chi connectivity index (χ1) is 19.0. The average Bonchev–Trinajstić information content (AvgIpc) is 3.17. The molecule has 3 aliphatic rings. The molecule has 2 aromatic carbocycles. The van der Waals surface area contributed by atoms with Crippen LogP contribution in [0.3, 0.4) is 0 Å². The number of fused-ring (bicyclic) bond motifs is 2. The van der Waals surface area contributed by atoms with Crippen LogP contribution in [-0.4, -0.2) is 76.2 Å². The van der Waals surface area contributed by atoms with Gasteiger partial charge in [0, 0.05) is 30.7 Å². The maximum absolute atomic E-state index is 14.0. The Hall–Kier alpha value is -2.79.